The van der Waals surface area contributed by atoms with Gasteiger partial charge in [-0.25, -0.2) is 9.82 Å². The van der Waals surface area contributed by atoms with Crippen LogP contribution in [-0.2, 0) is 11.3 Å². The lowest BCUT2D eigenvalue weighted by Crippen LogP contribution is -2.38. The minimum Gasteiger partial charge on any atom is -0.493 e. The molecule has 10 nitrogen and oxygen atoms in total. The van der Waals surface area contributed by atoms with Gasteiger partial charge in [0.25, 0.3) is 0 Å². The fourth-order valence-corrected chi connectivity index (χ4v) is 4.16. The van der Waals surface area contributed by atoms with Crippen LogP contribution in [0.15, 0.2) is 47.6 Å². The number of hydrogen-bond donors (Lipinski definition) is 1. The quantitative estimate of drug-likeness (QED) is 0.345. The highest BCUT2D eigenvalue weighted by atomic mass is 19.1. The third kappa shape index (κ3) is 6.42. The van der Waals surface area contributed by atoms with Crippen LogP contribution < -0.4 is 24.7 Å². The third-order valence-corrected chi connectivity index (χ3v) is 6.17. The topological polar surface area (TPSA) is 97.2 Å². The molecule has 0 atom stereocenters. The van der Waals surface area contributed by atoms with E-state index in [-0.39, 0.29) is 5.82 Å². The van der Waals surface area contributed by atoms with Gasteiger partial charge in [-0.2, -0.15) is 20.1 Å². The molecule has 2 saturated heterocycles. The zero-order valence-electron chi connectivity index (χ0n) is 20.8. The number of hydrogen-bond acceptors (Lipinski definition) is 10. The van der Waals surface area contributed by atoms with Crippen molar-refractivity contribution in [2.45, 2.75) is 19.4 Å². The van der Waals surface area contributed by atoms with Gasteiger partial charge in [0, 0.05) is 26.2 Å². The summed E-state index contributed by atoms with van der Waals surface area (Å²) < 4.78 is 29.9. The van der Waals surface area contributed by atoms with Crippen LogP contribution in [-0.4, -0.2) is 67.7 Å². The molecule has 11 heteroatoms. The number of aromatic nitrogens is 3. The Morgan fingerprint density at radius 3 is 2.35 bits per heavy atom. The van der Waals surface area contributed by atoms with Gasteiger partial charge in [0.05, 0.1) is 26.5 Å². The van der Waals surface area contributed by atoms with E-state index in [0.29, 0.717) is 49.2 Å². The summed E-state index contributed by atoms with van der Waals surface area (Å²) in [5, 5.41) is 4.35. The van der Waals surface area contributed by atoms with Crippen LogP contribution in [0.4, 0.5) is 22.2 Å². The molecule has 2 aromatic carbocycles. The number of ether oxygens (including phenoxy) is 3. The second kappa shape index (κ2) is 11.8. The van der Waals surface area contributed by atoms with Crippen molar-refractivity contribution in [2.24, 2.45) is 5.10 Å². The second-order valence-electron chi connectivity index (χ2n) is 8.75. The molecule has 3 aromatic rings. The summed E-state index contributed by atoms with van der Waals surface area (Å²) in [7, 11) is 1.58. The van der Waals surface area contributed by atoms with E-state index in [9.17, 15) is 4.39 Å². The molecule has 37 heavy (non-hydrogen) atoms. The van der Waals surface area contributed by atoms with Crippen LogP contribution in [0.1, 0.15) is 24.0 Å². The number of rotatable bonds is 9. The number of hydrazone groups is 1. The molecule has 0 saturated carbocycles. The van der Waals surface area contributed by atoms with Gasteiger partial charge < -0.3 is 24.0 Å². The molecule has 2 aliphatic heterocycles. The summed E-state index contributed by atoms with van der Waals surface area (Å²) in [6.45, 7) is 4.95. The fraction of sp³-hybridized carbons (Fsp3) is 0.385. The molecule has 0 spiro atoms. The molecule has 0 amide bonds. The second-order valence-corrected chi connectivity index (χ2v) is 8.75. The van der Waals surface area contributed by atoms with Gasteiger partial charge in [0.1, 0.15) is 12.4 Å². The van der Waals surface area contributed by atoms with Crippen LogP contribution in [0.5, 0.6) is 11.5 Å². The highest BCUT2D eigenvalue weighted by molar-refractivity contribution is 5.81. The normalized spacial score (nSPS) is 15.8. The van der Waals surface area contributed by atoms with Gasteiger partial charge >= 0.3 is 0 Å². The minimum atomic E-state index is -0.277. The maximum atomic E-state index is 13.1. The maximum absolute atomic E-state index is 13.1. The van der Waals surface area contributed by atoms with E-state index < -0.39 is 0 Å². The van der Waals surface area contributed by atoms with Crippen molar-refractivity contribution in [3.8, 4) is 11.5 Å². The zero-order valence-corrected chi connectivity index (χ0v) is 20.8. The number of methoxy groups -OCH3 is 1. The summed E-state index contributed by atoms with van der Waals surface area (Å²) in [6.07, 6.45) is 3.93. The molecule has 1 aromatic heterocycles. The number of nitrogens with zero attached hydrogens (tertiary/aromatic N) is 6. The Morgan fingerprint density at radius 2 is 1.65 bits per heavy atom. The Hall–Kier alpha value is -3.99. The predicted molar refractivity (Wildman–Crippen MR) is 139 cm³/mol. The molecule has 5 rings (SSSR count). The molecule has 2 fully saturated rings. The van der Waals surface area contributed by atoms with E-state index in [2.05, 4.69) is 30.3 Å². The predicted octanol–water partition coefficient (Wildman–Crippen LogP) is 3.48. The number of nitrogens with one attached hydrogen (secondary N) is 1. The SMILES string of the molecule is COc1cc(/C=N/Nc2nc(N3CCCC3)nc(N3CCOCC3)n2)ccc1OCc1ccc(F)cc1. The van der Waals surface area contributed by atoms with Gasteiger partial charge in [0.2, 0.25) is 17.8 Å². The summed E-state index contributed by atoms with van der Waals surface area (Å²) >= 11 is 0. The van der Waals surface area contributed by atoms with Crippen molar-refractivity contribution in [1.82, 2.24) is 15.0 Å². The Bertz CT molecular complexity index is 1210. The molecule has 0 aliphatic carbocycles. The fourth-order valence-electron chi connectivity index (χ4n) is 4.16. The van der Waals surface area contributed by atoms with E-state index in [1.807, 2.05) is 18.2 Å². The summed E-state index contributed by atoms with van der Waals surface area (Å²) in [6, 6.07) is 11.7. The maximum Gasteiger partial charge on any atom is 0.250 e. The summed E-state index contributed by atoms with van der Waals surface area (Å²) in [5.41, 5.74) is 4.63. The number of benzene rings is 2. The lowest BCUT2D eigenvalue weighted by molar-refractivity contribution is 0.122. The molecule has 0 bridgehead atoms. The Balaban J connectivity index is 1.27. The van der Waals surface area contributed by atoms with Crippen LogP contribution >= 0.6 is 0 Å². The number of anilines is 3. The lowest BCUT2D eigenvalue weighted by Gasteiger charge is -2.27. The monoisotopic (exact) mass is 507 g/mol. The lowest BCUT2D eigenvalue weighted by atomic mass is 10.2. The van der Waals surface area contributed by atoms with Crippen molar-refractivity contribution in [3.63, 3.8) is 0 Å². The van der Waals surface area contributed by atoms with Crippen molar-refractivity contribution in [2.75, 3.05) is 61.7 Å². The minimum absolute atomic E-state index is 0.277. The summed E-state index contributed by atoms with van der Waals surface area (Å²) in [5.74, 6) is 2.55. The van der Waals surface area contributed by atoms with Gasteiger partial charge in [-0.1, -0.05) is 12.1 Å². The average molecular weight is 508 g/mol. The Labute approximate surface area is 215 Å². The summed E-state index contributed by atoms with van der Waals surface area (Å²) in [4.78, 5) is 18.2. The van der Waals surface area contributed by atoms with Crippen LogP contribution in [0.3, 0.4) is 0 Å². The van der Waals surface area contributed by atoms with E-state index >= 15 is 0 Å². The van der Waals surface area contributed by atoms with E-state index in [1.54, 1.807) is 25.5 Å². The highest BCUT2D eigenvalue weighted by Crippen LogP contribution is 2.28. The van der Waals surface area contributed by atoms with Gasteiger partial charge in [0.15, 0.2) is 11.5 Å². The van der Waals surface area contributed by atoms with E-state index in [4.69, 9.17) is 19.2 Å². The first-order chi connectivity index (χ1) is 18.2. The van der Waals surface area contributed by atoms with Gasteiger partial charge in [-0.3, -0.25) is 0 Å². The average Bonchev–Trinajstić information content (AvgIpc) is 3.49. The number of morpholine rings is 1. The first kappa shape index (κ1) is 24.7. The highest BCUT2D eigenvalue weighted by Gasteiger charge is 2.21. The molecule has 1 N–H and O–H groups in total. The Kier molecular flexibility index (Phi) is 7.90. The molecule has 2 aliphatic rings. The van der Waals surface area contributed by atoms with E-state index in [0.717, 1.165) is 50.1 Å². The molecule has 3 heterocycles. The van der Waals surface area contributed by atoms with Crippen molar-refractivity contribution < 1.29 is 18.6 Å². The Morgan fingerprint density at radius 1 is 0.946 bits per heavy atom. The standard InChI is InChI=1S/C26H30FN7O3/c1-35-23-16-20(6-9-22(23)37-18-19-4-7-21(27)8-5-19)17-28-32-24-29-25(33-10-2-3-11-33)31-26(30-24)34-12-14-36-15-13-34/h4-9,16-17H,2-3,10-15,18H2,1H3,(H,29,30,31,32)/b28-17+. The molecule has 0 unspecified atom stereocenters. The molecule has 0 radical (unpaired) electrons. The van der Waals surface area contributed by atoms with Crippen LogP contribution in [0.2, 0.25) is 0 Å². The van der Waals surface area contributed by atoms with Crippen LogP contribution in [0.25, 0.3) is 0 Å². The van der Waals surface area contributed by atoms with Crippen LogP contribution in [0, 0.1) is 5.82 Å². The molecular formula is C26H30FN7O3. The van der Waals surface area contributed by atoms with E-state index in [1.165, 1.54) is 12.1 Å². The largest absolute Gasteiger partial charge is 0.493 e. The van der Waals surface area contributed by atoms with Crippen molar-refractivity contribution >= 4 is 24.1 Å². The third-order valence-electron chi connectivity index (χ3n) is 6.17. The van der Waals surface area contributed by atoms with Gasteiger partial charge in [-0.05, 0) is 54.3 Å². The molecule has 194 valence electrons. The van der Waals surface area contributed by atoms with Crippen molar-refractivity contribution in [1.29, 1.82) is 0 Å². The smallest absolute Gasteiger partial charge is 0.250 e. The number of halogens is 1. The molecular weight excluding hydrogens is 477 g/mol. The zero-order chi connectivity index (χ0) is 25.5. The van der Waals surface area contributed by atoms with Gasteiger partial charge in [-0.15, -0.1) is 0 Å². The first-order valence-corrected chi connectivity index (χ1v) is 12.4. The first-order valence-electron chi connectivity index (χ1n) is 12.4. The van der Waals surface area contributed by atoms with Crippen molar-refractivity contribution in [3.05, 3.63) is 59.4 Å².